The van der Waals surface area contributed by atoms with Crippen LogP contribution in [0, 0.1) is 0 Å². The number of H-pyrrole nitrogens is 1. The quantitative estimate of drug-likeness (QED) is 0.660. The highest BCUT2D eigenvalue weighted by Crippen LogP contribution is 2.28. The van der Waals surface area contributed by atoms with Gasteiger partial charge in [0.2, 0.25) is 0 Å². The van der Waals surface area contributed by atoms with Gasteiger partial charge >= 0.3 is 0 Å². The van der Waals surface area contributed by atoms with Gasteiger partial charge in [0.25, 0.3) is 0 Å². The van der Waals surface area contributed by atoms with E-state index >= 15 is 0 Å². The van der Waals surface area contributed by atoms with E-state index in [1.54, 1.807) is 7.11 Å². The minimum atomic E-state index is 0.745. The molecule has 0 unspecified atom stereocenters. The number of aromatic nitrogens is 2. The molecule has 0 spiro atoms. The Morgan fingerprint density at radius 2 is 1.92 bits per heavy atom. The first kappa shape index (κ1) is 17.3. The molecule has 1 heterocycles. The van der Waals surface area contributed by atoms with E-state index in [1.165, 1.54) is 0 Å². The first-order valence-corrected chi connectivity index (χ1v) is 8.31. The van der Waals surface area contributed by atoms with Crippen molar-refractivity contribution in [2.75, 3.05) is 34.3 Å². The van der Waals surface area contributed by atoms with E-state index < -0.39 is 0 Å². The Bertz CT molecular complexity index is 831. The molecule has 0 aliphatic rings. The molecule has 25 heavy (non-hydrogen) atoms. The molecule has 0 aliphatic carbocycles. The van der Waals surface area contributed by atoms with Crippen molar-refractivity contribution >= 4 is 10.9 Å². The molecule has 0 fully saturated rings. The summed E-state index contributed by atoms with van der Waals surface area (Å²) in [6.45, 7) is 2.69. The molecule has 6 nitrogen and oxygen atoms in total. The van der Waals surface area contributed by atoms with Gasteiger partial charge in [-0.15, -0.1) is 0 Å². The lowest BCUT2D eigenvalue weighted by Crippen LogP contribution is -2.27. The molecule has 0 atom stereocenters. The van der Waals surface area contributed by atoms with Crippen LogP contribution in [0.2, 0.25) is 0 Å². The van der Waals surface area contributed by atoms with Gasteiger partial charge in [-0.2, -0.15) is 5.10 Å². The van der Waals surface area contributed by atoms with Crippen molar-refractivity contribution in [2.45, 2.75) is 6.54 Å². The van der Waals surface area contributed by atoms with Crippen LogP contribution < -0.4 is 14.8 Å². The van der Waals surface area contributed by atoms with Gasteiger partial charge in [0.1, 0.15) is 17.2 Å². The lowest BCUT2D eigenvalue weighted by Gasteiger charge is -2.15. The number of nitrogens with zero attached hydrogens (tertiary/aromatic N) is 2. The zero-order chi connectivity index (χ0) is 17.6. The molecule has 0 saturated carbocycles. The molecule has 0 saturated heterocycles. The number of aromatic amines is 1. The van der Waals surface area contributed by atoms with Crippen molar-refractivity contribution < 1.29 is 9.47 Å². The van der Waals surface area contributed by atoms with Crippen molar-refractivity contribution in [2.24, 2.45) is 0 Å². The predicted molar refractivity (Wildman–Crippen MR) is 99.4 cm³/mol. The van der Waals surface area contributed by atoms with Crippen LogP contribution in [0.1, 0.15) is 5.69 Å². The molecule has 0 aliphatic heterocycles. The number of ether oxygens (including phenoxy) is 2. The Morgan fingerprint density at radius 1 is 1.12 bits per heavy atom. The van der Waals surface area contributed by atoms with Gasteiger partial charge in [-0.05, 0) is 44.4 Å². The second kappa shape index (κ2) is 8.00. The summed E-state index contributed by atoms with van der Waals surface area (Å²) in [4.78, 5) is 2.24. The number of likely N-dealkylation sites (N-methyl/N-ethyl adjacent to an activating group) is 2. The molecule has 6 heteroatoms. The summed E-state index contributed by atoms with van der Waals surface area (Å²) in [5.74, 6) is 2.30. The first-order chi connectivity index (χ1) is 12.2. The van der Waals surface area contributed by atoms with Crippen LogP contribution in [0.15, 0.2) is 42.5 Å². The molecule has 2 aromatic carbocycles. The first-order valence-electron chi connectivity index (χ1n) is 8.31. The van der Waals surface area contributed by atoms with Crippen LogP contribution in [0.25, 0.3) is 10.9 Å². The van der Waals surface area contributed by atoms with Crippen molar-refractivity contribution in [1.29, 1.82) is 0 Å². The molecular formula is C19H24N4O2. The van der Waals surface area contributed by atoms with Crippen LogP contribution in [0.5, 0.6) is 17.2 Å². The van der Waals surface area contributed by atoms with Crippen molar-refractivity contribution in [3.8, 4) is 17.2 Å². The minimum Gasteiger partial charge on any atom is -0.497 e. The fourth-order valence-corrected chi connectivity index (χ4v) is 2.67. The third kappa shape index (κ3) is 4.29. The molecule has 3 rings (SSSR count). The molecule has 1 aromatic heterocycles. The van der Waals surface area contributed by atoms with E-state index in [0.717, 1.165) is 53.5 Å². The van der Waals surface area contributed by atoms with Crippen molar-refractivity contribution in [1.82, 2.24) is 20.4 Å². The molecule has 0 bridgehead atoms. The summed E-state index contributed by atoms with van der Waals surface area (Å²) >= 11 is 0. The third-order valence-electron chi connectivity index (χ3n) is 4.05. The molecule has 132 valence electrons. The van der Waals surface area contributed by atoms with E-state index in [1.807, 2.05) is 49.5 Å². The summed E-state index contributed by atoms with van der Waals surface area (Å²) < 4.78 is 11.2. The molecule has 3 aromatic rings. The summed E-state index contributed by atoms with van der Waals surface area (Å²) in [6, 6.07) is 13.5. The summed E-state index contributed by atoms with van der Waals surface area (Å²) in [5.41, 5.74) is 2.03. The topological polar surface area (TPSA) is 62.4 Å². The maximum Gasteiger partial charge on any atom is 0.131 e. The lowest BCUT2D eigenvalue weighted by atomic mass is 10.2. The van der Waals surface area contributed by atoms with E-state index in [0.29, 0.717) is 0 Å². The monoisotopic (exact) mass is 340 g/mol. The Balaban J connectivity index is 1.79. The van der Waals surface area contributed by atoms with Gasteiger partial charge in [0.05, 0.1) is 18.3 Å². The van der Waals surface area contributed by atoms with Gasteiger partial charge in [-0.25, -0.2) is 0 Å². The van der Waals surface area contributed by atoms with Crippen LogP contribution in [-0.2, 0) is 6.54 Å². The van der Waals surface area contributed by atoms with Crippen LogP contribution in [-0.4, -0.2) is 49.4 Å². The average Bonchev–Trinajstić information content (AvgIpc) is 3.02. The van der Waals surface area contributed by atoms with Crippen LogP contribution in [0.4, 0.5) is 0 Å². The number of nitrogens with one attached hydrogen (secondary N) is 2. The van der Waals surface area contributed by atoms with E-state index in [2.05, 4.69) is 27.5 Å². The Kier molecular flexibility index (Phi) is 5.53. The maximum atomic E-state index is 5.98. The Labute approximate surface area is 147 Å². The van der Waals surface area contributed by atoms with Crippen LogP contribution >= 0.6 is 0 Å². The standard InChI is InChI=1S/C19H24N4O2/c1-20-9-10-23(2)13-19-17-12-16(7-8-18(17)21-22-19)25-15-6-4-5-14(11-15)24-3/h4-8,11-12,20H,9-10,13H2,1-3H3,(H,21,22). The van der Waals surface area contributed by atoms with Gasteiger partial charge in [-0.1, -0.05) is 6.07 Å². The lowest BCUT2D eigenvalue weighted by molar-refractivity contribution is 0.325. The summed E-state index contributed by atoms with van der Waals surface area (Å²) in [7, 11) is 5.70. The minimum absolute atomic E-state index is 0.745. The highest BCUT2D eigenvalue weighted by Gasteiger charge is 2.10. The van der Waals surface area contributed by atoms with Crippen molar-refractivity contribution in [3.05, 3.63) is 48.2 Å². The smallest absolute Gasteiger partial charge is 0.131 e. The number of hydrogen-bond acceptors (Lipinski definition) is 5. The summed E-state index contributed by atoms with van der Waals surface area (Å²) in [5, 5.41) is 11.8. The normalized spacial score (nSPS) is 11.2. The SMILES string of the molecule is CNCCN(C)Cc1n[nH]c2ccc(Oc3cccc(OC)c3)cc12. The molecule has 0 radical (unpaired) electrons. The van der Waals surface area contributed by atoms with E-state index in [4.69, 9.17) is 9.47 Å². The summed E-state index contributed by atoms with van der Waals surface area (Å²) in [6.07, 6.45) is 0. The van der Waals surface area contributed by atoms with Crippen LogP contribution in [0.3, 0.4) is 0 Å². The third-order valence-corrected chi connectivity index (χ3v) is 4.05. The van der Waals surface area contributed by atoms with Gasteiger partial charge in [-0.3, -0.25) is 10.00 Å². The number of benzene rings is 2. The number of rotatable bonds is 8. The maximum absolute atomic E-state index is 5.98. The zero-order valence-corrected chi connectivity index (χ0v) is 14.9. The molecule has 2 N–H and O–H groups in total. The van der Waals surface area contributed by atoms with E-state index in [-0.39, 0.29) is 0 Å². The number of methoxy groups -OCH3 is 1. The second-order valence-electron chi connectivity index (χ2n) is 6.00. The van der Waals surface area contributed by atoms with Gasteiger partial charge in [0, 0.05) is 31.1 Å². The van der Waals surface area contributed by atoms with Gasteiger partial charge in [0.15, 0.2) is 0 Å². The fourth-order valence-electron chi connectivity index (χ4n) is 2.67. The fraction of sp³-hybridized carbons (Fsp3) is 0.316. The number of fused-ring (bicyclic) bond motifs is 1. The average molecular weight is 340 g/mol. The largest absolute Gasteiger partial charge is 0.497 e. The Morgan fingerprint density at radius 3 is 2.72 bits per heavy atom. The van der Waals surface area contributed by atoms with Gasteiger partial charge < -0.3 is 14.8 Å². The highest BCUT2D eigenvalue weighted by molar-refractivity contribution is 5.82. The Hall–Kier alpha value is -2.57. The van der Waals surface area contributed by atoms with E-state index in [9.17, 15) is 0 Å². The van der Waals surface area contributed by atoms with Crippen molar-refractivity contribution in [3.63, 3.8) is 0 Å². The second-order valence-corrected chi connectivity index (χ2v) is 6.00. The molecule has 0 amide bonds. The highest BCUT2D eigenvalue weighted by atomic mass is 16.5. The predicted octanol–water partition coefficient (Wildman–Crippen LogP) is 3.02. The molecular weight excluding hydrogens is 316 g/mol. The number of hydrogen-bond donors (Lipinski definition) is 2. The zero-order valence-electron chi connectivity index (χ0n) is 14.9.